The number of Topliss-reactive ketones (excluding diaryl/α,β-unsaturated/α-hetero) is 1. The maximum atomic E-state index is 12.9. The van der Waals surface area contributed by atoms with Crippen molar-refractivity contribution in [1.82, 2.24) is 14.5 Å². The Kier molecular flexibility index (Phi) is 7.36. The molecule has 0 saturated heterocycles. The maximum absolute atomic E-state index is 12.9. The molecule has 2 N–H and O–H groups in total. The predicted octanol–water partition coefficient (Wildman–Crippen LogP) is 8.02. The van der Waals surface area contributed by atoms with E-state index >= 15 is 0 Å². The molecule has 8 heteroatoms. The van der Waals surface area contributed by atoms with Crippen LogP contribution in [-0.4, -0.2) is 38.2 Å². The highest BCUT2D eigenvalue weighted by Gasteiger charge is 2.24. The van der Waals surface area contributed by atoms with Crippen molar-refractivity contribution in [3.63, 3.8) is 0 Å². The number of nitrogens with one attached hydrogen (secondary N) is 1. The second-order valence-corrected chi connectivity index (χ2v) is 11.7. The van der Waals surface area contributed by atoms with E-state index in [9.17, 15) is 14.7 Å². The molecule has 0 aliphatic carbocycles. The lowest BCUT2D eigenvalue weighted by Gasteiger charge is -2.17. The maximum Gasteiger partial charge on any atom is 0.512 e. The fraction of sp³-hybridized carbons (Fsp3) is 0.229. The lowest BCUT2D eigenvalue weighted by atomic mass is 9.91. The van der Waals surface area contributed by atoms with Gasteiger partial charge in [0.05, 0.1) is 30.4 Å². The van der Waals surface area contributed by atoms with E-state index < -0.39 is 11.6 Å². The van der Waals surface area contributed by atoms with Gasteiger partial charge < -0.3 is 24.1 Å². The summed E-state index contributed by atoms with van der Waals surface area (Å²) in [6.07, 6.45) is 5.28. The van der Waals surface area contributed by atoms with Crippen LogP contribution in [0, 0.1) is 5.41 Å². The van der Waals surface area contributed by atoms with E-state index in [1.807, 2.05) is 86.1 Å². The number of H-pyrrole nitrogens is 1. The highest BCUT2D eigenvalue weighted by molar-refractivity contribution is 6.05. The number of aromatic amines is 1. The predicted molar refractivity (Wildman–Crippen MR) is 168 cm³/mol. The van der Waals surface area contributed by atoms with Gasteiger partial charge in [0.2, 0.25) is 5.88 Å². The number of hydrogen-bond donors (Lipinski definition) is 2. The number of hydrogen-bond acceptors (Lipinski definition) is 5. The smallest absolute Gasteiger partial charge is 0.493 e. The number of pyridine rings is 1. The summed E-state index contributed by atoms with van der Waals surface area (Å²) in [6, 6.07) is 21.9. The van der Waals surface area contributed by atoms with E-state index in [1.165, 1.54) is 0 Å². The van der Waals surface area contributed by atoms with Crippen LogP contribution in [0.25, 0.3) is 43.7 Å². The van der Waals surface area contributed by atoms with Crippen LogP contribution < -0.4 is 9.47 Å². The number of aryl methyl sites for hydroxylation is 1. The molecule has 0 fully saturated rings. The number of benzene rings is 3. The Morgan fingerprint density at radius 3 is 2.51 bits per heavy atom. The van der Waals surface area contributed by atoms with Crippen molar-refractivity contribution in [2.24, 2.45) is 5.41 Å². The molecule has 0 atom stereocenters. The number of fused-ring (bicyclic) bond motifs is 3. The van der Waals surface area contributed by atoms with Crippen molar-refractivity contribution in [3.8, 4) is 22.8 Å². The largest absolute Gasteiger partial charge is 0.512 e. The summed E-state index contributed by atoms with van der Waals surface area (Å²) < 4.78 is 13.3. The normalized spacial score (nSPS) is 11.8. The highest BCUT2D eigenvalue weighted by atomic mass is 16.7. The molecule has 6 aromatic rings. The Morgan fingerprint density at radius 2 is 1.70 bits per heavy atom. The van der Waals surface area contributed by atoms with E-state index in [2.05, 4.69) is 22.1 Å². The first kappa shape index (κ1) is 28.0. The number of ether oxygens (including phenoxy) is 2. The van der Waals surface area contributed by atoms with Gasteiger partial charge in [-0.05, 0) is 30.4 Å². The molecule has 0 aliphatic heterocycles. The van der Waals surface area contributed by atoms with E-state index in [0.29, 0.717) is 19.4 Å². The molecule has 3 heterocycles. The molecular weight excluding hydrogens is 542 g/mol. The van der Waals surface area contributed by atoms with Crippen molar-refractivity contribution in [2.45, 2.75) is 40.2 Å². The molecule has 218 valence electrons. The lowest BCUT2D eigenvalue weighted by Crippen LogP contribution is -2.24. The lowest BCUT2D eigenvalue weighted by molar-refractivity contribution is -0.126. The summed E-state index contributed by atoms with van der Waals surface area (Å²) in [7, 11) is 0. The van der Waals surface area contributed by atoms with Gasteiger partial charge in [0.25, 0.3) is 0 Å². The zero-order valence-electron chi connectivity index (χ0n) is 24.4. The molecule has 0 saturated carbocycles. The number of carboxylic acid groups (broad SMARTS) is 1. The highest BCUT2D eigenvalue weighted by Crippen LogP contribution is 2.39. The minimum Gasteiger partial charge on any atom is -0.493 e. The van der Waals surface area contributed by atoms with Gasteiger partial charge in [0, 0.05) is 50.7 Å². The third kappa shape index (κ3) is 5.56. The van der Waals surface area contributed by atoms with Gasteiger partial charge in [-0.15, -0.1) is 0 Å². The van der Waals surface area contributed by atoms with Crippen LogP contribution in [0.5, 0.6) is 11.6 Å². The van der Waals surface area contributed by atoms with Crippen molar-refractivity contribution >= 4 is 44.5 Å². The number of carbonyl (C=O) groups excluding carboxylic acids is 1. The molecule has 0 unspecified atom stereocenters. The average molecular weight is 576 g/mol. The summed E-state index contributed by atoms with van der Waals surface area (Å²) in [5.74, 6) is 1.13. The van der Waals surface area contributed by atoms with Crippen molar-refractivity contribution in [2.75, 3.05) is 6.61 Å². The first-order valence-corrected chi connectivity index (χ1v) is 14.3. The minimum atomic E-state index is -1.38. The Hall–Kier alpha value is -5.11. The summed E-state index contributed by atoms with van der Waals surface area (Å²) in [4.78, 5) is 32.1. The van der Waals surface area contributed by atoms with E-state index in [4.69, 9.17) is 9.47 Å². The molecule has 0 radical (unpaired) electrons. The SMILES string of the molecule is CC(C)(C)C(=O)Cn1cc(-c2cccc3c(CCCOc4cccc5ccccc45)c(OC(=O)O)[nH]c23)c2ccncc21. The molecule has 0 spiro atoms. The Morgan fingerprint density at radius 1 is 0.930 bits per heavy atom. The molecule has 0 bridgehead atoms. The third-order valence-electron chi connectivity index (χ3n) is 7.80. The summed E-state index contributed by atoms with van der Waals surface area (Å²) >= 11 is 0. The minimum absolute atomic E-state index is 0.114. The monoisotopic (exact) mass is 575 g/mol. The first-order valence-electron chi connectivity index (χ1n) is 14.3. The van der Waals surface area contributed by atoms with Crippen LogP contribution in [0.2, 0.25) is 0 Å². The summed E-state index contributed by atoms with van der Waals surface area (Å²) in [6.45, 7) is 6.42. The van der Waals surface area contributed by atoms with Crippen LogP contribution in [-0.2, 0) is 17.8 Å². The average Bonchev–Trinajstić information content (AvgIpc) is 3.52. The Bertz CT molecular complexity index is 1970. The second kappa shape index (κ2) is 11.3. The van der Waals surface area contributed by atoms with Gasteiger partial charge in [-0.25, -0.2) is 4.79 Å². The van der Waals surface area contributed by atoms with Crippen LogP contribution in [0.4, 0.5) is 4.79 Å². The molecule has 6 rings (SSSR count). The van der Waals surface area contributed by atoms with Crippen LogP contribution in [0.15, 0.2) is 85.3 Å². The van der Waals surface area contributed by atoms with E-state index in [0.717, 1.165) is 55.0 Å². The number of aromatic nitrogens is 3. The van der Waals surface area contributed by atoms with Crippen molar-refractivity contribution in [3.05, 3.63) is 90.9 Å². The summed E-state index contributed by atoms with van der Waals surface area (Å²) in [5.41, 5.74) is 3.71. The Labute approximate surface area is 248 Å². The van der Waals surface area contributed by atoms with E-state index in [1.54, 1.807) is 12.4 Å². The van der Waals surface area contributed by atoms with Gasteiger partial charge in [0.15, 0.2) is 5.78 Å². The fourth-order valence-electron chi connectivity index (χ4n) is 5.52. The van der Waals surface area contributed by atoms with Crippen LogP contribution in [0.3, 0.4) is 0 Å². The molecule has 43 heavy (non-hydrogen) atoms. The van der Waals surface area contributed by atoms with Gasteiger partial charge in [0.1, 0.15) is 5.75 Å². The standard InChI is InChI=1S/C35H33N3O5/c1-35(2,3)31(39)21-38-20-28(24-16-17-36-19-29(24)38)26-13-7-12-25-27(33(37-32(25)26)43-34(40)41)14-8-18-42-30-15-6-10-22-9-4-5-11-23(22)30/h4-7,9-13,15-17,19-20,37H,8,14,18,21H2,1-3H3,(H,40,41). The fourth-order valence-corrected chi connectivity index (χ4v) is 5.52. The topological polar surface area (TPSA) is 106 Å². The molecule has 3 aromatic carbocycles. The van der Waals surface area contributed by atoms with Gasteiger partial charge in [-0.3, -0.25) is 9.78 Å². The Balaban J connectivity index is 1.34. The second-order valence-electron chi connectivity index (χ2n) is 11.7. The molecule has 8 nitrogen and oxygen atoms in total. The zero-order valence-corrected chi connectivity index (χ0v) is 24.4. The number of para-hydroxylation sites is 1. The summed E-state index contributed by atoms with van der Waals surface area (Å²) in [5, 5.41) is 13.5. The molecule has 0 amide bonds. The number of ketones is 1. The first-order chi connectivity index (χ1) is 20.7. The van der Waals surface area contributed by atoms with Crippen LogP contribution in [0.1, 0.15) is 32.8 Å². The van der Waals surface area contributed by atoms with Crippen LogP contribution >= 0.6 is 0 Å². The van der Waals surface area contributed by atoms with Gasteiger partial charge >= 0.3 is 6.16 Å². The molecular formula is C35H33N3O5. The zero-order chi connectivity index (χ0) is 30.1. The quantitative estimate of drug-likeness (QED) is 0.134. The van der Waals surface area contributed by atoms with Crippen molar-refractivity contribution in [1.29, 1.82) is 0 Å². The number of carbonyl (C=O) groups is 2. The van der Waals surface area contributed by atoms with Gasteiger partial charge in [-0.2, -0.15) is 0 Å². The molecule has 3 aromatic heterocycles. The number of rotatable bonds is 9. The number of nitrogens with zero attached hydrogens (tertiary/aromatic N) is 2. The van der Waals surface area contributed by atoms with Crippen molar-refractivity contribution < 1.29 is 24.2 Å². The van der Waals surface area contributed by atoms with Gasteiger partial charge in [-0.1, -0.05) is 75.4 Å². The third-order valence-corrected chi connectivity index (χ3v) is 7.80. The van der Waals surface area contributed by atoms with E-state index in [-0.39, 0.29) is 18.2 Å². The molecule has 0 aliphatic rings.